The summed E-state index contributed by atoms with van der Waals surface area (Å²) < 4.78 is 1.79. The molecule has 3 rings (SSSR count). The zero-order chi connectivity index (χ0) is 14.8. The Labute approximate surface area is 125 Å². The van der Waals surface area contributed by atoms with Crippen LogP contribution in [0.15, 0.2) is 36.7 Å². The average molecular weight is 283 g/mol. The molecular weight excluding hydrogens is 262 g/mol. The van der Waals surface area contributed by atoms with Crippen LogP contribution in [-0.4, -0.2) is 22.2 Å². The van der Waals surface area contributed by atoms with E-state index in [9.17, 15) is 4.79 Å². The first-order chi connectivity index (χ1) is 10.1. The number of rotatable bonds is 5. The molecule has 4 nitrogen and oxygen atoms in total. The van der Waals surface area contributed by atoms with Gasteiger partial charge in [0.1, 0.15) is 0 Å². The molecule has 1 N–H and O–H groups in total. The Morgan fingerprint density at radius 2 is 2.33 bits per heavy atom. The Morgan fingerprint density at radius 3 is 3.05 bits per heavy atom. The molecule has 1 aromatic heterocycles. The number of benzene rings is 1. The molecule has 110 valence electrons. The van der Waals surface area contributed by atoms with Crippen molar-refractivity contribution in [1.82, 2.24) is 15.1 Å². The van der Waals surface area contributed by atoms with Crippen LogP contribution in [0.4, 0.5) is 0 Å². The topological polar surface area (TPSA) is 46.9 Å². The van der Waals surface area contributed by atoms with E-state index in [2.05, 4.69) is 41.6 Å². The van der Waals surface area contributed by atoms with E-state index in [1.165, 1.54) is 16.7 Å². The van der Waals surface area contributed by atoms with Gasteiger partial charge in [-0.3, -0.25) is 9.48 Å². The SMILES string of the molecule is Cc1cccc(CCNC(=O)[C@@H]2C[C@@H]2c2cnn(C)c2)c1. The first-order valence-corrected chi connectivity index (χ1v) is 7.45. The summed E-state index contributed by atoms with van der Waals surface area (Å²) in [7, 11) is 1.91. The predicted molar refractivity (Wildman–Crippen MR) is 81.9 cm³/mol. The lowest BCUT2D eigenvalue weighted by Crippen LogP contribution is -2.27. The third-order valence-corrected chi connectivity index (χ3v) is 4.08. The highest BCUT2D eigenvalue weighted by Gasteiger charge is 2.44. The Hall–Kier alpha value is -2.10. The van der Waals surface area contributed by atoms with E-state index in [1.54, 1.807) is 4.68 Å². The fraction of sp³-hybridized carbons (Fsp3) is 0.412. The van der Waals surface area contributed by atoms with Gasteiger partial charge in [-0.2, -0.15) is 5.10 Å². The minimum atomic E-state index is 0.131. The molecule has 2 aromatic rings. The van der Waals surface area contributed by atoms with Crippen LogP contribution in [0.2, 0.25) is 0 Å². The zero-order valence-corrected chi connectivity index (χ0v) is 12.5. The van der Waals surface area contributed by atoms with Crippen LogP contribution >= 0.6 is 0 Å². The Morgan fingerprint density at radius 1 is 1.48 bits per heavy atom. The van der Waals surface area contributed by atoms with E-state index in [-0.39, 0.29) is 11.8 Å². The molecule has 4 heteroatoms. The molecule has 1 aliphatic rings. The van der Waals surface area contributed by atoms with E-state index in [1.807, 2.05) is 19.4 Å². The predicted octanol–water partition coefficient (Wildman–Crippen LogP) is 2.19. The largest absolute Gasteiger partial charge is 0.356 e. The van der Waals surface area contributed by atoms with Crippen LogP contribution < -0.4 is 5.32 Å². The molecule has 0 unspecified atom stereocenters. The van der Waals surface area contributed by atoms with Crippen molar-refractivity contribution in [2.75, 3.05) is 6.54 Å². The molecule has 1 heterocycles. The molecule has 1 aliphatic carbocycles. The molecule has 0 radical (unpaired) electrons. The third kappa shape index (κ3) is 3.32. The van der Waals surface area contributed by atoms with Crippen molar-refractivity contribution >= 4 is 5.91 Å². The number of nitrogens with one attached hydrogen (secondary N) is 1. The van der Waals surface area contributed by atoms with Gasteiger partial charge in [-0.25, -0.2) is 0 Å². The van der Waals surface area contributed by atoms with Gasteiger partial charge >= 0.3 is 0 Å². The first kappa shape index (κ1) is 13.9. The van der Waals surface area contributed by atoms with Crippen molar-refractivity contribution in [3.05, 3.63) is 53.3 Å². The summed E-state index contributed by atoms with van der Waals surface area (Å²) in [4.78, 5) is 12.1. The molecule has 1 saturated carbocycles. The van der Waals surface area contributed by atoms with Gasteiger partial charge in [0, 0.05) is 25.7 Å². The number of carbonyl (C=O) groups is 1. The summed E-state index contributed by atoms with van der Waals surface area (Å²) in [5, 5.41) is 7.22. The fourth-order valence-electron chi connectivity index (χ4n) is 2.81. The lowest BCUT2D eigenvalue weighted by molar-refractivity contribution is -0.122. The van der Waals surface area contributed by atoms with Crippen molar-refractivity contribution in [1.29, 1.82) is 0 Å². The third-order valence-electron chi connectivity index (χ3n) is 4.08. The zero-order valence-electron chi connectivity index (χ0n) is 12.5. The van der Waals surface area contributed by atoms with Gasteiger partial charge in [-0.05, 0) is 36.8 Å². The van der Waals surface area contributed by atoms with Crippen molar-refractivity contribution in [2.24, 2.45) is 13.0 Å². The van der Waals surface area contributed by atoms with Gasteiger partial charge in [0.25, 0.3) is 0 Å². The number of aryl methyl sites for hydroxylation is 2. The second kappa shape index (κ2) is 5.72. The molecular formula is C17H21N3O. The highest BCUT2D eigenvalue weighted by Crippen LogP contribution is 2.47. The summed E-state index contributed by atoms with van der Waals surface area (Å²) in [6, 6.07) is 8.42. The molecule has 0 bridgehead atoms. The van der Waals surface area contributed by atoms with Crippen molar-refractivity contribution in [3.63, 3.8) is 0 Å². The van der Waals surface area contributed by atoms with Gasteiger partial charge < -0.3 is 5.32 Å². The fourth-order valence-corrected chi connectivity index (χ4v) is 2.81. The van der Waals surface area contributed by atoms with Crippen LogP contribution in [0.3, 0.4) is 0 Å². The molecule has 1 aromatic carbocycles. The van der Waals surface area contributed by atoms with Crippen LogP contribution in [0.1, 0.15) is 29.0 Å². The van der Waals surface area contributed by atoms with Crippen molar-refractivity contribution in [3.8, 4) is 0 Å². The second-order valence-corrected chi connectivity index (χ2v) is 5.93. The van der Waals surface area contributed by atoms with Gasteiger partial charge in [0.2, 0.25) is 5.91 Å². The number of hydrogen-bond acceptors (Lipinski definition) is 2. The highest BCUT2D eigenvalue weighted by molar-refractivity contribution is 5.82. The minimum absolute atomic E-state index is 0.131. The summed E-state index contributed by atoms with van der Waals surface area (Å²) in [6.45, 7) is 2.79. The number of nitrogens with zero attached hydrogens (tertiary/aromatic N) is 2. The Kier molecular flexibility index (Phi) is 3.78. The maximum absolute atomic E-state index is 12.1. The van der Waals surface area contributed by atoms with E-state index in [4.69, 9.17) is 0 Å². The maximum atomic E-state index is 12.1. The smallest absolute Gasteiger partial charge is 0.223 e. The average Bonchev–Trinajstić information content (AvgIpc) is 3.14. The number of carbonyl (C=O) groups excluding carboxylic acids is 1. The van der Waals surface area contributed by atoms with E-state index in [0.29, 0.717) is 12.5 Å². The monoisotopic (exact) mass is 283 g/mol. The van der Waals surface area contributed by atoms with Crippen LogP contribution in [0, 0.1) is 12.8 Å². The Balaban J connectivity index is 1.45. The van der Waals surface area contributed by atoms with Gasteiger partial charge in [0.05, 0.1) is 6.20 Å². The first-order valence-electron chi connectivity index (χ1n) is 7.45. The number of aromatic nitrogens is 2. The highest BCUT2D eigenvalue weighted by atomic mass is 16.2. The summed E-state index contributed by atoms with van der Waals surface area (Å²) in [5.41, 5.74) is 3.71. The minimum Gasteiger partial charge on any atom is -0.356 e. The van der Waals surface area contributed by atoms with Crippen LogP contribution in [-0.2, 0) is 18.3 Å². The Bertz CT molecular complexity index is 647. The van der Waals surface area contributed by atoms with Gasteiger partial charge in [-0.1, -0.05) is 29.8 Å². The molecule has 0 saturated heterocycles. The normalized spacial score (nSPS) is 20.3. The molecule has 2 atom stereocenters. The van der Waals surface area contributed by atoms with Crippen LogP contribution in [0.5, 0.6) is 0 Å². The summed E-state index contributed by atoms with van der Waals surface area (Å²) in [6.07, 6.45) is 5.70. The molecule has 0 spiro atoms. The molecule has 21 heavy (non-hydrogen) atoms. The molecule has 1 amide bonds. The summed E-state index contributed by atoms with van der Waals surface area (Å²) in [5.74, 6) is 0.667. The molecule has 1 fully saturated rings. The summed E-state index contributed by atoms with van der Waals surface area (Å²) >= 11 is 0. The lowest BCUT2D eigenvalue weighted by atomic mass is 10.1. The lowest BCUT2D eigenvalue weighted by Gasteiger charge is -2.05. The van der Waals surface area contributed by atoms with Crippen LogP contribution in [0.25, 0.3) is 0 Å². The second-order valence-electron chi connectivity index (χ2n) is 5.93. The van der Waals surface area contributed by atoms with Crippen molar-refractivity contribution in [2.45, 2.75) is 25.7 Å². The standard InChI is InChI=1S/C17H21N3O/c1-12-4-3-5-13(8-12)6-7-18-17(21)16-9-15(16)14-10-19-20(2)11-14/h3-5,8,10-11,15-16H,6-7,9H2,1-2H3,(H,18,21)/t15-,16-/m1/s1. The van der Waals surface area contributed by atoms with Gasteiger partial charge in [0.15, 0.2) is 0 Å². The van der Waals surface area contributed by atoms with Gasteiger partial charge in [-0.15, -0.1) is 0 Å². The molecule has 0 aliphatic heterocycles. The maximum Gasteiger partial charge on any atom is 0.223 e. The van der Waals surface area contributed by atoms with E-state index in [0.717, 1.165) is 12.8 Å². The van der Waals surface area contributed by atoms with E-state index >= 15 is 0 Å². The number of amides is 1. The van der Waals surface area contributed by atoms with E-state index < -0.39 is 0 Å². The van der Waals surface area contributed by atoms with Crippen molar-refractivity contribution < 1.29 is 4.79 Å². The number of hydrogen-bond donors (Lipinski definition) is 1. The quantitative estimate of drug-likeness (QED) is 0.914.